The molecular weight excluding hydrogens is 365 g/mol. The average Bonchev–Trinajstić information content (AvgIpc) is 2.73. The minimum atomic E-state index is -2.37. The zero-order valence-electron chi connectivity index (χ0n) is 15.5. The van der Waals surface area contributed by atoms with Crippen molar-refractivity contribution in [1.82, 2.24) is 0 Å². The second-order valence-corrected chi connectivity index (χ2v) is 9.51. The Labute approximate surface area is 164 Å². The number of rotatable bonds is 4. The van der Waals surface area contributed by atoms with Crippen LogP contribution in [-0.2, 0) is 0 Å². The summed E-state index contributed by atoms with van der Waals surface area (Å²) in [6.45, 7) is 1.77. The molecule has 0 saturated heterocycles. The van der Waals surface area contributed by atoms with Gasteiger partial charge in [0.05, 0.1) is 12.7 Å². The van der Waals surface area contributed by atoms with Crippen LogP contribution in [0.25, 0.3) is 0 Å². The Balaban J connectivity index is 2.16. The van der Waals surface area contributed by atoms with E-state index in [1.807, 2.05) is 60.7 Å². The molecule has 0 saturated carbocycles. The molecule has 3 aromatic carbocycles. The van der Waals surface area contributed by atoms with Gasteiger partial charge in [-0.05, 0) is 6.92 Å². The van der Waals surface area contributed by atoms with Gasteiger partial charge in [-0.3, -0.25) is 4.74 Å². The minimum absolute atomic E-state index is 0.383. The summed E-state index contributed by atoms with van der Waals surface area (Å²) in [6, 6.07) is 34.3. The molecule has 4 aromatic rings. The maximum Gasteiger partial charge on any atom is 0.338 e. The number of nitrogens with zero attached hydrogens (tertiary/aromatic N) is 1. The lowest BCUT2D eigenvalue weighted by molar-refractivity contribution is 0.481. The van der Waals surface area contributed by atoms with E-state index >= 15 is 0 Å². The molecule has 1 aromatic heterocycles. The molecule has 28 heavy (non-hydrogen) atoms. The fourth-order valence-electron chi connectivity index (χ4n) is 3.37. The van der Waals surface area contributed by atoms with Crippen molar-refractivity contribution >= 4 is 28.7 Å². The van der Waals surface area contributed by atoms with Crippen LogP contribution in [0.5, 0.6) is 0 Å². The highest BCUT2D eigenvalue weighted by molar-refractivity contribution is 7.87. The van der Waals surface area contributed by atoms with E-state index in [4.69, 9.17) is 9.16 Å². The maximum absolute atomic E-state index is 12.0. The minimum Gasteiger partial charge on any atom is -0.428 e. The Morgan fingerprint density at radius 1 is 0.679 bits per heavy atom. The molecule has 4 heteroatoms. The molecule has 0 unspecified atom stereocenters. The molecule has 0 radical (unpaired) electrons. The molecule has 0 atom stereocenters. The summed E-state index contributed by atoms with van der Waals surface area (Å²) >= 11 is 0. The molecule has 0 N–H and O–H groups in total. The van der Waals surface area contributed by atoms with Gasteiger partial charge in [0.2, 0.25) is 0 Å². The van der Waals surface area contributed by atoms with E-state index in [-0.39, 0.29) is 5.63 Å². The van der Waals surface area contributed by atoms with Crippen LogP contribution in [0.3, 0.4) is 0 Å². The number of aryl methyl sites for hydroxylation is 1. The Bertz CT molecular complexity index is 1080. The lowest BCUT2D eigenvalue weighted by Crippen LogP contribution is -2.25. The predicted octanol–water partition coefficient (Wildman–Crippen LogP) is 4.76. The van der Waals surface area contributed by atoms with E-state index in [1.165, 1.54) is 6.07 Å². The van der Waals surface area contributed by atoms with Gasteiger partial charge >= 0.3 is 5.63 Å². The molecule has 3 nitrogen and oxygen atoms in total. The van der Waals surface area contributed by atoms with Gasteiger partial charge < -0.3 is 4.42 Å². The van der Waals surface area contributed by atoms with Gasteiger partial charge in [0.25, 0.3) is 0 Å². The van der Waals surface area contributed by atoms with E-state index in [9.17, 15) is 4.79 Å². The lowest BCUT2D eigenvalue weighted by atomic mass is 10.4. The molecule has 0 fully saturated rings. The van der Waals surface area contributed by atoms with Crippen LogP contribution < -0.4 is 21.5 Å². The third-order valence-corrected chi connectivity index (χ3v) is 8.20. The first-order valence-electron chi connectivity index (χ1n) is 9.09. The Morgan fingerprint density at radius 3 is 1.50 bits per heavy atom. The van der Waals surface area contributed by atoms with Gasteiger partial charge in [0.1, 0.15) is 5.76 Å². The van der Waals surface area contributed by atoms with Crippen molar-refractivity contribution in [2.75, 3.05) is 0 Å². The van der Waals surface area contributed by atoms with Crippen molar-refractivity contribution in [3.63, 3.8) is 0 Å². The zero-order valence-corrected chi connectivity index (χ0v) is 16.4. The van der Waals surface area contributed by atoms with Crippen LogP contribution in [0.15, 0.2) is 117 Å². The molecule has 4 rings (SSSR count). The van der Waals surface area contributed by atoms with Gasteiger partial charge in [-0.1, -0.05) is 91.0 Å². The van der Waals surface area contributed by atoms with Crippen molar-refractivity contribution in [2.24, 2.45) is 4.74 Å². The van der Waals surface area contributed by atoms with Gasteiger partial charge in [-0.25, -0.2) is 4.79 Å². The van der Waals surface area contributed by atoms with Crippen molar-refractivity contribution in [3.8, 4) is 0 Å². The van der Waals surface area contributed by atoms with E-state index in [2.05, 4.69) is 36.4 Å². The molecule has 0 aliphatic carbocycles. The van der Waals surface area contributed by atoms with E-state index in [0.717, 1.165) is 15.9 Å². The molecular formula is C24H20NO2P. The molecule has 138 valence electrons. The van der Waals surface area contributed by atoms with Crippen LogP contribution in [0, 0.1) is 6.92 Å². The third kappa shape index (κ3) is 3.49. The van der Waals surface area contributed by atoms with E-state index < -0.39 is 7.05 Å². The second kappa shape index (κ2) is 7.84. The summed E-state index contributed by atoms with van der Waals surface area (Å²) in [5.41, 5.74) is 0.254. The summed E-state index contributed by atoms with van der Waals surface area (Å²) in [4.78, 5) is 12.0. The normalized spacial score (nSPS) is 11.2. The molecule has 0 amide bonds. The molecule has 0 aliphatic heterocycles. The van der Waals surface area contributed by atoms with Crippen LogP contribution in [0.1, 0.15) is 5.76 Å². The summed E-state index contributed by atoms with van der Waals surface area (Å²) in [5.74, 6) is 0.554. The second-order valence-electron chi connectivity index (χ2n) is 6.49. The van der Waals surface area contributed by atoms with Gasteiger partial charge in [-0.15, -0.1) is 0 Å². The van der Waals surface area contributed by atoms with Crippen molar-refractivity contribution in [1.29, 1.82) is 0 Å². The van der Waals surface area contributed by atoms with Crippen LogP contribution >= 0.6 is 7.05 Å². The summed E-state index contributed by atoms with van der Waals surface area (Å²) in [6.07, 6.45) is 0. The quantitative estimate of drug-likeness (QED) is 0.476. The molecule has 0 aliphatic rings. The first-order valence-corrected chi connectivity index (χ1v) is 10.8. The van der Waals surface area contributed by atoms with Crippen LogP contribution in [-0.4, -0.2) is 0 Å². The number of hydrogen-bond donors (Lipinski definition) is 0. The van der Waals surface area contributed by atoms with Crippen molar-refractivity contribution in [2.45, 2.75) is 6.92 Å². The monoisotopic (exact) mass is 385 g/mol. The summed E-state index contributed by atoms with van der Waals surface area (Å²) in [5, 5.41) is 3.41. The van der Waals surface area contributed by atoms with E-state index in [0.29, 0.717) is 11.4 Å². The average molecular weight is 385 g/mol. The standard InChI is InChI=1S/C24H20NO2P/c1-19-17-20(18-24(26)27-19)25-28(21-11-5-2-6-12-21,22-13-7-3-8-14-22)23-15-9-4-10-16-23/h2-18H,1H3. The Hall–Kier alpha value is -3.16. The SMILES string of the molecule is Cc1cc(N=P(c2ccccc2)(c2ccccc2)c2ccccc2)cc(=O)o1. The first-order chi connectivity index (χ1) is 13.7. The highest BCUT2D eigenvalue weighted by atomic mass is 31.2. The third-order valence-electron chi connectivity index (χ3n) is 4.53. The smallest absolute Gasteiger partial charge is 0.338 e. The first kappa shape index (κ1) is 18.2. The van der Waals surface area contributed by atoms with Crippen molar-refractivity contribution in [3.05, 3.63) is 119 Å². The van der Waals surface area contributed by atoms with Crippen molar-refractivity contribution < 1.29 is 4.42 Å². The highest BCUT2D eigenvalue weighted by Crippen LogP contribution is 2.48. The molecule has 0 bridgehead atoms. The number of benzene rings is 3. The summed E-state index contributed by atoms with van der Waals surface area (Å²) < 4.78 is 10.4. The Morgan fingerprint density at radius 2 is 1.11 bits per heavy atom. The fourth-order valence-corrected chi connectivity index (χ4v) is 6.88. The Kier molecular flexibility index (Phi) is 5.10. The van der Waals surface area contributed by atoms with E-state index in [1.54, 1.807) is 6.92 Å². The van der Waals surface area contributed by atoms with Gasteiger partial charge in [-0.2, -0.15) is 0 Å². The molecule has 0 spiro atoms. The fraction of sp³-hybridized carbons (Fsp3) is 0.0417. The highest BCUT2D eigenvalue weighted by Gasteiger charge is 2.27. The topological polar surface area (TPSA) is 42.6 Å². The van der Waals surface area contributed by atoms with Gasteiger partial charge in [0, 0.05) is 28.0 Å². The lowest BCUT2D eigenvalue weighted by Gasteiger charge is -2.26. The van der Waals surface area contributed by atoms with Gasteiger partial charge in [0.15, 0.2) is 0 Å². The zero-order chi connectivity index (χ0) is 19.4. The van der Waals surface area contributed by atoms with Crippen LogP contribution in [0.4, 0.5) is 5.69 Å². The molecule has 1 heterocycles. The maximum atomic E-state index is 12.0. The number of hydrogen-bond acceptors (Lipinski definition) is 3. The largest absolute Gasteiger partial charge is 0.428 e. The predicted molar refractivity (Wildman–Crippen MR) is 117 cm³/mol. The summed E-state index contributed by atoms with van der Waals surface area (Å²) in [7, 11) is -2.37. The van der Waals surface area contributed by atoms with Crippen LogP contribution in [0.2, 0.25) is 0 Å².